The fourth-order valence-electron chi connectivity index (χ4n) is 13.0. The second kappa shape index (κ2) is 8.68. The zero-order valence-corrected chi connectivity index (χ0v) is 26.5. The molecule has 0 aromatic rings. The molecule has 2 saturated heterocycles. The minimum absolute atomic E-state index is 0.540. The normalized spacial score (nSPS) is 58.3. The second-order valence-electron chi connectivity index (χ2n) is 16.8. The summed E-state index contributed by atoms with van der Waals surface area (Å²) in [6.45, 7) is 21.9. The standard InChI is InChI=1S/C34H64S/c1-11-17-33(7)18-15-27-16-20-35(33,9,10)34(8)19-14-23(3)31-25(5)29-21-30(28(31)13-12-22(29)2)32(24(27)4)26(34)6/h22-32,35H,11-21H2,1-10H3/t22?,23?,24-,25-,26?,27?,28?,29?,30?,31?,32?,33?,34+/m1/s1. The van der Waals surface area contributed by atoms with Gasteiger partial charge in [-0.1, -0.05) is 68.2 Å². The van der Waals surface area contributed by atoms with Crippen molar-refractivity contribution in [1.29, 1.82) is 0 Å². The summed E-state index contributed by atoms with van der Waals surface area (Å²) >= 11 is 0. The van der Waals surface area contributed by atoms with Crippen molar-refractivity contribution in [2.75, 3.05) is 18.3 Å². The second-order valence-corrected chi connectivity index (χ2v) is 24.1. The Bertz CT molecular complexity index is 798. The highest BCUT2D eigenvalue weighted by Crippen LogP contribution is 2.87. The van der Waals surface area contributed by atoms with Crippen LogP contribution in [0.3, 0.4) is 0 Å². The maximum absolute atomic E-state index is 2.98. The molecule has 0 nitrogen and oxygen atoms in total. The minimum Gasteiger partial charge on any atom is -0.278 e. The van der Waals surface area contributed by atoms with E-state index in [1.165, 1.54) is 44.9 Å². The van der Waals surface area contributed by atoms with Crippen molar-refractivity contribution in [2.24, 2.45) is 65.1 Å². The summed E-state index contributed by atoms with van der Waals surface area (Å²) in [6.07, 6.45) is 21.1. The number of hydrogen-bond acceptors (Lipinski definition) is 0. The lowest BCUT2D eigenvalue weighted by Gasteiger charge is -2.78. The van der Waals surface area contributed by atoms with Crippen LogP contribution in [0.2, 0.25) is 0 Å². The molecule has 0 N–H and O–H groups in total. The van der Waals surface area contributed by atoms with Gasteiger partial charge in [-0.25, -0.2) is 0 Å². The lowest BCUT2D eigenvalue weighted by Crippen LogP contribution is -2.60. The Kier molecular flexibility index (Phi) is 6.68. The maximum Gasteiger partial charge on any atom is -0.0123 e. The molecule has 0 aromatic heterocycles. The zero-order chi connectivity index (χ0) is 25.6. The van der Waals surface area contributed by atoms with Gasteiger partial charge in [0.15, 0.2) is 0 Å². The summed E-state index contributed by atoms with van der Waals surface area (Å²) in [5.41, 5.74) is 0. The predicted octanol–water partition coefficient (Wildman–Crippen LogP) is 9.70. The van der Waals surface area contributed by atoms with Crippen LogP contribution in [0, 0.1) is 65.1 Å². The molecule has 10 unspecified atom stereocenters. The smallest absolute Gasteiger partial charge is 0.0123 e. The lowest BCUT2D eigenvalue weighted by molar-refractivity contribution is -0.0385. The van der Waals surface area contributed by atoms with Gasteiger partial charge in [-0.05, 0) is 144 Å². The molecule has 35 heavy (non-hydrogen) atoms. The Morgan fingerprint density at radius 1 is 0.714 bits per heavy atom. The Morgan fingerprint density at radius 2 is 1.43 bits per heavy atom. The first-order valence-corrected chi connectivity index (χ1v) is 19.6. The predicted molar refractivity (Wildman–Crippen MR) is 161 cm³/mol. The first kappa shape index (κ1) is 26.9. The molecule has 0 amide bonds. The molecule has 4 aliphatic carbocycles. The van der Waals surface area contributed by atoms with Crippen LogP contribution in [-0.4, -0.2) is 27.8 Å². The third kappa shape index (κ3) is 3.43. The molecule has 8 bridgehead atoms. The van der Waals surface area contributed by atoms with E-state index in [9.17, 15) is 0 Å². The molecule has 4 saturated carbocycles. The summed E-state index contributed by atoms with van der Waals surface area (Å²) in [5, 5.41) is 0. The van der Waals surface area contributed by atoms with Crippen LogP contribution in [0.4, 0.5) is 0 Å². The van der Waals surface area contributed by atoms with Gasteiger partial charge in [-0.3, -0.25) is 9.16 Å². The zero-order valence-electron chi connectivity index (χ0n) is 25.6. The van der Waals surface area contributed by atoms with Gasteiger partial charge in [-0.2, -0.15) is 0 Å². The number of hydrogen-bond donors (Lipinski definition) is 1. The Morgan fingerprint density at radius 3 is 2.11 bits per heavy atom. The van der Waals surface area contributed by atoms with E-state index in [4.69, 9.17) is 0 Å². The van der Waals surface area contributed by atoms with Crippen molar-refractivity contribution < 1.29 is 0 Å². The van der Waals surface area contributed by atoms with E-state index >= 15 is 0 Å². The third-order valence-electron chi connectivity index (χ3n) is 16.1. The molecule has 6 rings (SSSR count). The first-order chi connectivity index (χ1) is 16.3. The molecule has 2 aliphatic heterocycles. The molecule has 0 spiro atoms. The van der Waals surface area contributed by atoms with Crippen LogP contribution in [0.15, 0.2) is 0 Å². The van der Waals surface area contributed by atoms with Crippen molar-refractivity contribution in [3.8, 4) is 0 Å². The minimum atomic E-state index is -2.02. The summed E-state index contributed by atoms with van der Waals surface area (Å²) < 4.78 is 1.12. The van der Waals surface area contributed by atoms with E-state index in [1.54, 1.807) is 25.0 Å². The summed E-state index contributed by atoms with van der Waals surface area (Å²) in [5.74, 6) is 12.2. The van der Waals surface area contributed by atoms with E-state index < -0.39 is 9.16 Å². The van der Waals surface area contributed by atoms with E-state index in [0.717, 1.165) is 65.1 Å². The van der Waals surface area contributed by atoms with E-state index in [0.29, 0.717) is 9.49 Å². The van der Waals surface area contributed by atoms with Gasteiger partial charge in [0.25, 0.3) is 0 Å². The average Bonchev–Trinajstić information content (AvgIpc) is 3.07. The molecular formula is C34H64S. The fourth-order valence-corrected chi connectivity index (χ4v) is 20.5. The van der Waals surface area contributed by atoms with E-state index in [-0.39, 0.29) is 0 Å². The Hall–Kier alpha value is 0.350. The van der Waals surface area contributed by atoms with Crippen LogP contribution in [0.5, 0.6) is 0 Å². The van der Waals surface area contributed by atoms with Gasteiger partial charge in [0.1, 0.15) is 0 Å². The van der Waals surface area contributed by atoms with Crippen molar-refractivity contribution in [2.45, 2.75) is 129 Å². The average molecular weight is 505 g/mol. The van der Waals surface area contributed by atoms with Crippen LogP contribution >= 0.6 is 9.16 Å². The fraction of sp³-hybridized carbons (Fsp3) is 1.00. The molecular weight excluding hydrogens is 440 g/mol. The number of thiol groups is 1. The topological polar surface area (TPSA) is 0 Å². The molecule has 206 valence electrons. The molecule has 2 heterocycles. The van der Waals surface area contributed by atoms with Crippen molar-refractivity contribution >= 4 is 9.16 Å². The summed E-state index contributed by atoms with van der Waals surface area (Å²) in [7, 11) is -2.02. The van der Waals surface area contributed by atoms with E-state index in [2.05, 4.69) is 67.9 Å². The van der Waals surface area contributed by atoms with Gasteiger partial charge in [0, 0.05) is 0 Å². The largest absolute Gasteiger partial charge is 0.278 e. The SMILES string of the molecule is CCCC1(C)CCC2CC[SH]1(C)(C)[C@@]1(C)CCC(C)C3C4CCC(C)C(CC4C(C1C)[C@@H]2C)[C@H]3C. The van der Waals surface area contributed by atoms with Crippen molar-refractivity contribution in [3.63, 3.8) is 0 Å². The quantitative estimate of drug-likeness (QED) is 0.355. The van der Waals surface area contributed by atoms with Crippen molar-refractivity contribution in [3.05, 3.63) is 0 Å². The Labute approximate surface area is 221 Å². The van der Waals surface area contributed by atoms with Gasteiger partial charge in [0.05, 0.1) is 0 Å². The van der Waals surface area contributed by atoms with E-state index in [1.807, 2.05) is 0 Å². The van der Waals surface area contributed by atoms with Gasteiger partial charge in [0.2, 0.25) is 0 Å². The summed E-state index contributed by atoms with van der Waals surface area (Å²) in [6, 6.07) is 0. The number of fused-ring (bicyclic) bond motifs is 8. The third-order valence-corrected chi connectivity index (χ3v) is 25.5. The van der Waals surface area contributed by atoms with Crippen molar-refractivity contribution in [1.82, 2.24) is 0 Å². The molecule has 6 aliphatic rings. The highest BCUT2D eigenvalue weighted by atomic mass is 32.3. The van der Waals surface area contributed by atoms with Crippen LogP contribution in [0.25, 0.3) is 0 Å². The van der Waals surface area contributed by atoms with Crippen LogP contribution in [-0.2, 0) is 0 Å². The van der Waals surface area contributed by atoms with Gasteiger partial charge >= 0.3 is 0 Å². The Balaban J connectivity index is 1.73. The van der Waals surface area contributed by atoms with Gasteiger partial charge < -0.3 is 0 Å². The van der Waals surface area contributed by atoms with Gasteiger partial charge in [-0.15, -0.1) is 0 Å². The monoisotopic (exact) mass is 504 g/mol. The molecule has 0 radical (unpaired) electrons. The lowest BCUT2D eigenvalue weighted by atomic mass is 9.53. The maximum atomic E-state index is 2.98. The first-order valence-electron chi connectivity index (χ1n) is 16.3. The number of rotatable bonds is 2. The molecule has 6 fully saturated rings. The summed E-state index contributed by atoms with van der Waals surface area (Å²) in [4.78, 5) is 0. The molecule has 13 atom stereocenters. The van der Waals surface area contributed by atoms with Crippen LogP contribution < -0.4 is 0 Å². The highest BCUT2D eigenvalue weighted by molar-refractivity contribution is 8.50. The van der Waals surface area contributed by atoms with Crippen LogP contribution in [0.1, 0.15) is 120 Å². The molecule has 0 aromatic carbocycles. The highest BCUT2D eigenvalue weighted by Gasteiger charge is 2.66. The molecule has 1 heteroatoms.